The van der Waals surface area contributed by atoms with Gasteiger partial charge in [0.25, 0.3) is 0 Å². The molecule has 0 amide bonds. The molecule has 0 saturated heterocycles. The first-order chi connectivity index (χ1) is 33.3. The Morgan fingerprint density at radius 1 is 0.284 bits per heavy atom. The van der Waals surface area contributed by atoms with Crippen molar-refractivity contribution in [1.29, 1.82) is 0 Å². The lowest BCUT2D eigenvalue weighted by Crippen LogP contribution is -2.29. The predicted molar refractivity (Wildman–Crippen MR) is 278 cm³/mol. The molecule has 0 fully saturated rings. The van der Waals surface area contributed by atoms with E-state index >= 15 is 0 Å². The number of fused-ring (bicyclic) bond motifs is 15. The lowest BCUT2D eigenvalue weighted by Gasteiger charge is -2.36. The molecule has 0 radical (unpaired) electrons. The van der Waals surface area contributed by atoms with Crippen molar-refractivity contribution < 1.29 is 0 Å². The fraction of sp³-hybridized carbons (Fsp3) is 0.0303. The molecule has 14 rings (SSSR count). The molecule has 1 heteroatoms. The van der Waals surface area contributed by atoms with Gasteiger partial charge in [-0.3, -0.25) is 0 Å². The van der Waals surface area contributed by atoms with E-state index in [-0.39, 0.29) is 0 Å². The summed E-state index contributed by atoms with van der Waals surface area (Å²) in [6.07, 6.45) is 0. The van der Waals surface area contributed by atoms with Gasteiger partial charge in [0.05, 0.1) is 16.5 Å². The minimum atomic E-state index is -0.589. The molecule has 0 aromatic heterocycles. The highest BCUT2D eigenvalue weighted by molar-refractivity contribution is 6.08. The van der Waals surface area contributed by atoms with Gasteiger partial charge in [0.2, 0.25) is 0 Å². The number of hydrogen-bond donors (Lipinski definition) is 0. The number of hydrogen-bond acceptors (Lipinski definition) is 1. The summed E-state index contributed by atoms with van der Waals surface area (Å²) in [5, 5.41) is 2.46. The van der Waals surface area contributed by atoms with Gasteiger partial charge in [-0.05, 0) is 125 Å². The van der Waals surface area contributed by atoms with Gasteiger partial charge in [-0.15, -0.1) is 0 Å². The first kappa shape index (κ1) is 37.8. The van der Waals surface area contributed by atoms with E-state index < -0.39 is 10.8 Å². The van der Waals surface area contributed by atoms with Crippen LogP contribution in [0.1, 0.15) is 44.5 Å². The first-order valence-corrected chi connectivity index (χ1v) is 23.4. The molecule has 1 spiro atoms. The SMILES string of the molecule is c1ccc(-c2ccc(N(c3ccc4c(c3)C3(c5ccccc5-c5ccccc53)c3ccccc3-4)c3cc4ccccc4c4c3-c3ccccc3C4(c3ccccc3)c3ccccc3)cc2)cc1. The van der Waals surface area contributed by atoms with Crippen LogP contribution in [0.25, 0.3) is 55.3 Å². The van der Waals surface area contributed by atoms with E-state index in [1.165, 1.54) is 99.8 Å². The monoisotopic (exact) mass is 849 g/mol. The van der Waals surface area contributed by atoms with Crippen LogP contribution in [0, 0.1) is 0 Å². The van der Waals surface area contributed by atoms with E-state index in [0.717, 1.165) is 17.1 Å². The molecule has 3 aliphatic rings. The summed E-state index contributed by atoms with van der Waals surface area (Å²) in [5.74, 6) is 0. The van der Waals surface area contributed by atoms with Crippen LogP contribution >= 0.6 is 0 Å². The second-order valence-corrected chi connectivity index (χ2v) is 18.3. The van der Waals surface area contributed by atoms with Crippen LogP contribution in [0.2, 0.25) is 0 Å². The molecule has 0 unspecified atom stereocenters. The highest BCUT2D eigenvalue weighted by Gasteiger charge is 2.52. The fourth-order valence-corrected chi connectivity index (χ4v) is 12.6. The molecular formula is C66H43N. The van der Waals surface area contributed by atoms with Gasteiger partial charge in [0.15, 0.2) is 0 Å². The Balaban J connectivity index is 1.10. The van der Waals surface area contributed by atoms with E-state index in [4.69, 9.17) is 0 Å². The minimum absolute atomic E-state index is 0.480. The molecule has 67 heavy (non-hydrogen) atoms. The number of rotatable bonds is 6. The van der Waals surface area contributed by atoms with Crippen molar-refractivity contribution in [3.8, 4) is 44.5 Å². The van der Waals surface area contributed by atoms with Gasteiger partial charge in [-0.1, -0.05) is 231 Å². The summed E-state index contributed by atoms with van der Waals surface area (Å²) in [6.45, 7) is 0. The molecule has 1 nitrogen and oxygen atoms in total. The maximum atomic E-state index is 2.56. The Morgan fingerprint density at radius 2 is 0.716 bits per heavy atom. The highest BCUT2D eigenvalue weighted by Crippen LogP contribution is 2.65. The maximum Gasteiger partial charge on any atom is 0.0726 e. The number of nitrogens with zero attached hydrogens (tertiary/aromatic N) is 1. The van der Waals surface area contributed by atoms with Gasteiger partial charge in [-0.2, -0.15) is 0 Å². The van der Waals surface area contributed by atoms with Gasteiger partial charge in [-0.25, -0.2) is 0 Å². The average Bonchev–Trinajstić information content (AvgIpc) is 4.00. The van der Waals surface area contributed by atoms with Crippen molar-refractivity contribution >= 4 is 27.8 Å². The van der Waals surface area contributed by atoms with Crippen molar-refractivity contribution in [3.05, 3.63) is 305 Å². The van der Waals surface area contributed by atoms with E-state index in [0.29, 0.717) is 0 Å². The van der Waals surface area contributed by atoms with Gasteiger partial charge in [0.1, 0.15) is 0 Å². The molecule has 0 bridgehead atoms. The van der Waals surface area contributed by atoms with Gasteiger partial charge >= 0.3 is 0 Å². The van der Waals surface area contributed by atoms with Crippen LogP contribution in [-0.2, 0) is 10.8 Å². The van der Waals surface area contributed by atoms with Crippen LogP contribution in [0.4, 0.5) is 17.1 Å². The van der Waals surface area contributed by atoms with Crippen molar-refractivity contribution in [1.82, 2.24) is 0 Å². The summed E-state index contributed by atoms with van der Waals surface area (Å²) < 4.78 is 0. The standard InChI is InChI=1S/C66H43N/c1-4-20-44(21-5-1)45-36-38-49(39-37-45)67(50-40-41-55-54-30-14-18-34-59(54)66(61(55)43-50)57-32-16-12-28-52(57)53-29-13-17-33-58(53)66)62-42-46-22-10-11-27-51(46)64-63(62)56-31-15-19-35-60(56)65(64,47-23-6-2-7-24-47)48-25-8-3-9-26-48/h1-43H. The van der Waals surface area contributed by atoms with Crippen LogP contribution in [0.5, 0.6) is 0 Å². The highest BCUT2D eigenvalue weighted by atomic mass is 15.1. The zero-order valence-corrected chi connectivity index (χ0v) is 36.8. The molecule has 0 aliphatic heterocycles. The smallest absolute Gasteiger partial charge is 0.0726 e. The Morgan fingerprint density at radius 3 is 1.30 bits per heavy atom. The van der Waals surface area contributed by atoms with Gasteiger partial charge < -0.3 is 4.90 Å². The van der Waals surface area contributed by atoms with Gasteiger partial charge in [0, 0.05) is 16.9 Å². The number of anilines is 3. The van der Waals surface area contributed by atoms with Crippen molar-refractivity contribution in [2.24, 2.45) is 0 Å². The van der Waals surface area contributed by atoms with Crippen molar-refractivity contribution in [2.45, 2.75) is 10.8 Å². The third-order valence-corrected chi connectivity index (χ3v) is 15.1. The normalized spacial score (nSPS) is 13.9. The Hall–Kier alpha value is -8.52. The third kappa shape index (κ3) is 5.14. The van der Waals surface area contributed by atoms with Crippen LogP contribution < -0.4 is 4.90 Å². The number of benzene rings is 11. The van der Waals surface area contributed by atoms with E-state index in [9.17, 15) is 0 Å². The van der Waals surface area contributed by atoms with E-state index in [2.05, 4.69) is 266 Å². The first-order valence-electron chi connectivity index (χ1n) is 23.4. The van der Waals surface area contributed by atoms with Crippen molar-refractivity contribution in [2.75, 3.05) is 4.90 Å². The lowest BCUT2D eigenvalue weighted by atomic mass is 9.66. The molecule has 312 valence electrons. The summed E-state index contributed by atoms with van der Waals surface area (Å²) in [6, 6.07) is 97.6. The summed E-state index contributed by atoms with van der Waals surface area (Å²) in [4.78, 5) is 2.56. The van der Waals surface area contributed by atoms with E-state index in [1.54, 1.807) is 0 Å². The van der Waals surface area contributed by atoms with Crippen LogP contribution in [0.15, 0.2) is 261 Å². The van der Waals surface area contributed by atoms with Crippen LogP contribution in [0.3, 0.4) is 0 Å². The zero-order chi connectivity index (χ0) is 44.1. The minimum Gasteiger partial charge on any atom is -0.310 e. The molecule has 0 heterocycles. The van der Waals surface area contributed by atoms with Crippen LogP contribution in [-0.4, -0.2) is 0 Å². The molecule has 11 aromatic carbocycles. The fourth-order valence-electron chi connectivity index (χ4n) is 12.6. The molecule has 11 aromatic rings. The predicted octanol–water partition coefficient (Wildman–Crippen LogP) is 16.7. The maximum absolute atomic E-state index is 2.56. The molecular weight excluding hydrogens is 807 g/mol. The summed E-state index contributed by atoms with van der Waals surface area (Å²) in [7, 11) is 0. The molecule has 0 N–H and O–H groups in total. The molecule has 0 saturated carbocycles. The largest absolute Gasteiger partial charge is 0.310 e. The second-order valence-electron chi connectivity index (χ2n) is 18.3. The zero-order valence-electron chi connectivity index (χ0n) is 36.8. The Bertz CT molecular complexity index is 3630. The molecule has 3 aliphatic carbocycles. The third-order valence-electron chi connectivity index (χ3n) is 15.1. The quantitative estimate of drug-likeness (QED) is 0.161. The lowest BCUT2D eigenvalue weighted by molar-refractivity contribution is 0.775. The topological polar surface area (TPSA) is 3.24 Å². The van der Waals surface area contributed by atoms with E-state index in [1.807, 2.05) is 0 Å². The summed E-state index contributed by atoms with van der Waals surface area (Å²) >= 11 is 0. The second kappa shape index (κ2) is 14.5. The molecule has 0 atom stereocenters. The average molecular weight is 850 g/mol. The Kier molecular flexibility index (Phi) is 8.18. The summed E-state index contributed by atoms with van der Waals surface area (Å²) in [5.41, 5.74) is 22.8. The van der Waals surface area contributed by atoms with Crippen molar-refractivity contribution in [3.63, 3.8) is 0 Å². The Labute approximate surface area is 391 Å².